The highest BCUT2D eigenvalue weighted by Crippen LogP contribution is 2.16. The zero-order valence-corrected chi connectivity index (χ0v) is 10.8. The van der Waals surface area contributed by atoms with Crippen LogP contribution in [-0.2, 0) is 0 Å². The predicted molar refractivity (Wildman–Crippen MR) is 75.0 cm³/mol. The molecule has 0 aliphatic rings. The number of aromatic nitrogens is 1. The van der Waals surface area contributed by atoms with Crippen LogP contribution in [0, 0.1) is 6.92 Å². The molecule has 102 valence electrons. The lowest BCUT2D eigenvalue weighted by atomic mass is 10.2. The molecule has 0 aliphatic carbocycles. The van der Waals surface area contributed by atoms with E-state index in [1.807, 2.05) is 0 Å². The standard InChI is InChI=1S/C14H13N3O3/c1-9-11(7-4-8-15-9)16-14(20)17-12-6-3-2-5-10(12)13(18)19/h2-8H,1H3,(H,18,19)(H2,16,17,20). The first-order valence-electron chi connectivity index (χ1n) is 5.90. The Morgan fingerprint density at radius 2 is 1.70 bits per heavy atom. The van der Waals surface area contributed by atoms with Crippen LogP contribution in [0.4, 0.5) is 16.2 Å². The molecule has 0 saturated carbocycles. The fourth-order valence-electron chi connectivity index (χ4n) is 1.67. The van der Waals surface area contributed by atoms with Gasteiger partial charge in [-0.2, -0.15) is 0 Å². The van der Waals surface area contributed by atoms with Crippen LogP contribution in [-0.4, -0.2) is 22.1 Å². The monoisotopic (exact) mass is 271 g/mol. The van der Waals surface area contributed by atoms with E-state index in [0.717, 1.165) is 0 Å². The van der Waals surface area contributed by atoms with Crippen molar-refractivity contribution in [1.29, 1.82) is 0 Å². The lowest BCUT2D eigenvalue weighted by Gasteiger charge is -2.10. The maximum absolute atomic E-state index is 11.9. The van der Waals surface area contributed by atoms with Gasteiger partial charge in [-0.05, 0) is 31.2 Å². The number of anilines is 2. The van der Waals surface area contributed by atoms with Gasteiger partial charge >= 0.3 is 12.0 Å². The first-order chi connectivity index (χ1) is 9.58. The zero-order valence-electron chi connectivity index (χ0n) is 10.8. The van der Waals surface area contributed by atoms with Crippen LogP contribution in [0.5, 0.6) is 0 Å². The number of carbonyl (C=O) groups excluding carboxylic acids is 1. The van der Waals surface area contributed by atoms with Crippen molar-refractivity contribution in [1.82, 2.24) is 4.98 Å². The number of amides is 2. The minimum absolute atomic E-state index is 0.0329. The van der Waals surface area contributed by atoms with E-state index in [9.17, 15) is 9.59 Å². The normalized spacial score (nSPS) is 9.85. The quantitative estimate of drug-likeness (QED) is 0.800. The molecule has 0 atom stereocenters. The Bertz CT molecular complexity index is 656. The Balaban J connectivity index is 2.13. The van der Waals surface area contributed by atoms with E-state index in [0.29, 0.717) is 11.4 Å². The molecule has 2 amide bonds. The third-order valence-corrected chi connectivity index (χ3v) is 2.66. The largest absolute Gasteiger partial charge is 0.478 e. The van der Waals surface area contributed by atoms with Crippen molar-refractivity contribution in [2.24, 2.45) is 0 Å². The summed E-state index contributed by atoms with van der Waals surface area (Å²) in [5.74, 6) is -1.10. The Labute approximate surface area is 115 Å². The molecule has 1 heterocycles. The van der Waals surface area contributed by atoms with Gasteiger partial charge < -0.3 is 15.7 Å². The Morgan fingerprint density at radius 3 is 2.40 bits per heavy atom. The second kappa shape index (κ2) is 5.83. The van der Waals surface area contributed by atoms with Crippen LogP contribution < -0.4 is 10.6 Å². The lowest BCUT2D eigenvalue weighted by Crippen LogP contribution is -2.21. The number of pyridine rings is 1. The number of rotatable bonds is 3. The number of nitrogens with one attached hydrogen (secondary N) is 2. The number of benzene rings is 1. The van der Waals surface area contributed by atoms with E-state index in [1.54, 1.807) is 37.4 Å². The van der Waals surface area contributed by atoms with Gasteiger partial charge in [0.05, 0.1) is 22.6 Å². The topological polar surface area (TPSA) is 91.3 Å². The molecule has 0 spiro atoms. The Morgan fingerprint density at radius 1 is 1.05 bits per heavy atom. The fourth-order valence-corrected chi connectivity index (χ4v) is 1.67. The molecule has 6 heteroatoms. The summed E-state index contributed by atoms with van der Waals surface area (Å²) in [6, 6.07) is 9.09. The highest BCUT2D eigenvalue weighted by Gasteiger charge is 2.12. The number of urea groups is 1. The van der Waals surface area contributed by atoms with Gasteiger partial charge in [-0.3, -0.25) is 4.98 Å². The van der Waals surface area contributed by atoms with E-state index in [-0.39, 0.29) is 11.3 Å². The van der Waals surface area contributed by atoms with E-state index in [1.165, 1.54) is 12.1 Å². The highest BCUT2D eigenvalue weighted by molar-refractivity contribution is 6.04. The van der Waals surface area contributed by atoms with Gasteiger partial charge in [0.2, 0.25) is 0 Å². The first-order valence-corrected chi connectivity index (χ1v) is 5.90. The summed E-state index contributed by atoms with van der Waals surface area (Å²) in [5.41, 5.74) is 1.51. The minimum atomic E-state index is -1.10. The van der Waals surface area contributed by atoms with Crippen molar-refractivity contribution < 1.29 is 14.7 Å². The number of carboxylic acids is 1. The summed E-state index contributed by atoms with van der Waals surface area (Å²) in [6.45, 7) is 1.76. The molecule has 0 saturated heterocycles. The summed E-state index contributed by atoms with van der Waals surface area (Å²) in [5, 5.41) is 14.2. The Hall–Kier alpha value is -2.89. The molecule has 0 fully saturated rings. The Kier molecular flexibility index (Phi) is 3.95. The molecular formula is C14H13N3O3. The van der Waals surface area contributed by atoms with Gasteiger partial charge in [0.15, 0.2) is 0 Å². The second-order valence-electron chi connectivity index (χ2n) is 4.07. The maximum Gasteiger partial charge on any atom is 0.337 e. The van der Waals surface area contributed by atoms with Crippen LogP contribution in [0.25, 0.3) is 0 Å². The lowest BCUT2D eigenvalue weighted by molar-refractivity contribution is 0.0698. The first kappa shape index (κ1) is 13.5. The van der Waals surface area contributed by atoms with Crippen LogP contribution in [0.2, 0.25) is 0 Å². The molecule has 0 aliphatic heterocycles. The van der Waals surface area contributed by atoms with Gasteiger partial charge in [-0.15, -0.1) is 0 Å². The summed E-state index contributed by atoms with van der Waals surface area (Å²) in [6.07, 6.45) is 1.62. The molecule has 2 aromatic rings. The van der Waals surface area contributed by atoms with Crippen molar-refractivity contribution in [2.45, 2.75) is 6.92 Å². The summed E-state index contributed by atoms with van der Waals surface area (Å²) in [7, 11) is 0. The summed E-state index contributed by atoms with van der Waals surface area (Å²) >= 11 is 0. The number of carbonyl (C=O) groups is 2. The van der Waals surface area contributed by atoms with Gasteiger partial charge in [0.25, 0.3) is 0 Å². The van der Waals surface area contributed by atoms with E-state index in [2.05, 4.69) is 15.6 Å². The SMILES string of the molecule is Cc1ncccc1NC(=O)Nc1ccccc1C(=O)O. The van der Waals surface area contributed by atoms with Gasteiger partial charge in [-0.1, -0.05) is 12.1 Å². The summed E-state index contributed by atoms with van der Waals surface area (Å²) < 4.78 is 0. The number of aryl methyl sites for hydroxylation is 1. The van der Waals surface area contributed by atoms with Crippen LogP contribution in [0.15, 0.2) is 42.6 Å². The molecule has 3 N–H and O–H groups in total. The van der Waals surface area contributed by atoms with E-state index >= 15 is 0 Å². The van der Waals surface area contributed by atoms with Gasteiger partial charge in [0.1, 0.15) is 0 Å². The third kappa shape index (κ3) is 3.11. The van der Waals surface area contributed by atoms with Crippen molar-refractivity contribution >= 4 is 23.4 Å². The number of para-hydroxylation sites is 1. The molecule has 0 bridgehead atoms. The molecule has 20 heavy (non-hydrogen) atoms. The summed E-state index contributed by atoms with van der Waals surface area (Å²) in [4.78, 5) is 26.9. The number of carboxylic acid groups (broad SMARTS) is 1. The highest BCUT2D eigenvalue weighted by atomic mass is 16.4. The smallest absolute Gasteiger partial charge is 0.337 e. The molecule has 6 nitrogen and oxygen atoms in total. The number of hydrogen-bond acceptors (Lipinski definition) is 3. The van der Waals surface area contributed by atoms with Crippen molar-refractivity contribution in [2.75, 3.05) is 10.6 Å². The second-order valence-corrected chi connectivity index (χ2v) is 4.07. The van der Waals surface area contributed by atoms with Crippen molar-refractivity contribution in [3.8, 4) is 0 Å². The predicted octanol–water partition coefficient (Wildman–Crippen LogP) is 2.73. The number of aromatic carboxylic acids is 1. The van der Waals surface area contributed by atoms with Crippen LogP contribution in [0.1, 0.15) is 16.1 Å². The number of nitrogens with zero attached hydrogens (tertiary/aromatic N) is 1. The molecular weight excluding hydrogens is 258 g/mol. The van der Waals surface area contributed by atoms with Crippen molar-refractivity contribution in [3.63, 3.8) is 0 Å². The van der Waals surface area contributed by atoms with Crippen molar-refractivity contribution in [3.05, 3.63) is 53.9 Å². The minimum Gasteiger partial charge on any atom is -0.478 e. The van der Waals surface area contributed by atoms with Gasteiger partial charge in [0, 0.05) is 6.20 Å². The fraction of sp³-hybridized carbons (Fsp3) is 0.0714. The molecule has 0 unspecified atom stereocenters. The van der Waals surface area contributed by atoms with E-state index < -0.39 is 12.0 Å². The molecule has 1 aromatic heterocycles. The van der Waals surface area contributed by atoms with E-state index in [4.69, 9.17) is 5.11 Å². The average Bonchev–Trinajstić information content (AvgIpc) is 2.41. The van der Waals surface area contributed by atoms with Crippen LogP contribution in [0.3, 0.4) is 0 Å². The van der Waals surface area contributed by atoms with Crippen LogP contribution >= 0.6 is 0 Å². The average molecular weight is 271 g/mol. The molecule has 2 rings (SSSR count). The number of hydrogen-bond donors (Lipinski definition) is 3. The van der Waals surface area contributed by atoms with Gasteiger partial charge in [-0.25, -0.2) is 9.59 Å². The zero-order chi connectivity index (χ0) is 14.5. The third-order valence-electron chi connectivity index (χ3n) is 2.66. The molecule has 1 aromatic carbocycles. The molecule has 0 radical (unpaired) electrons. The maximum atomic E-state index is 11.9.